The Labute approximate surface area is 334 Å². The van der Waals surface area contributed by atoms with E-state index in [1.807, 2.05) is 6.08 Å². The zero-order valence-corrected chi connectivity index (χ0v) is 35.2. The Kier molecular flexibility index (Phi) is 42.5. The molecule has 3 N–H and O–H groups in total. The second-order valence-corrected chi connectivity index (χ2v) is 14.7. The summed E-state index contributed by atoms with van der Waals surface area (Å²) in [6.45, 7) is 4.09. The molecule has 308 valence electrons. The van der Waals surface area contributed by atoms with Crippen LogP contribution in [-0.4, -0.2) is 34.9 Å². The van der Waals surface area contributed by atoms with Crippen molar-refractivity contribution in [2.24, 2.45) is 0 Å². The van der Waals surface area contributed by atoms with E-state index in [2.05, 4.69) is 104 Å². The van der Waals surface area contributed by atoms with Crippen molar-refractivity contribution in [3.63, 3.8) is 0 Å². The molecule has 0 radical (unpaired) electrons. The highest BCUT2D eigenvalue weighted by molar-refractivity contribution is 5.76. The Morgan fingerprint density at radius 1 is 0.463 bits per heavy atom. The number of hydrogen-bond acceptors (Lipinski definition) is 3. The number of aliphatic hydroxyl groups excluding tert-OH is 2. The molecule has 0 saturated carbocycles. The Morgan fingerprint density at radius 3 is 1.28 bits per heavy atom. The van der Waals surface area contributed by atoms with Gasteiger partial charge in [-0.1, -0.05) is 201 Å². The number of carbonyl (C=O) groups excluding carboxylic acids is 1. The zero-order chi connectivity index (χ0) is 39.3. The first-order chi connectivity index (χ1) is 26.7. The van der Waals surface area contributed by atoms with Crippen LogP contribution in [0.4, 0.5) is 0 Å². The molecule has 4 nitrogen and oxygen atoms in total. The van der Waals surface area contributed by atoms with Gasteiger partial charge in [0.15, 0.2) is 0 Å². The van der Waals surface area contributed by atoms with E-state index in [0.29, 0.717) is 6.42 Å². The number of carbonyl (C=O) groups is 1. The highest BCUT2D eigenvalue weighted by Gasteiger charge is 2.17. The van der Waals surface area contributed by atoms with E-state index in [0.717, 1.165) is 77.0 Å². The van der Waals surface area contributed by atoms with Crippen molar-refractivity contribution in [1.82, 2.24) is 5.32 Å². The fourth-order valence-electron chi connectivity index (χ4n) is 6.13. The zero-order valence-electron chi connectivity index (χ0n) is 35.2. The van der Waals surface area contributed by atoms with Crippen molar-refractivity contribution >= 4 is 5.91 Å². The number of allylic oxidation sites excluding steroid dienone is 15. The Bertz CT molecular complexity index is 1030. The maximum atomic E-state index is 12.4. The maximum Gasteiger partial charge on any atom is 0.220 e. The number of unbranched alkanes of at least 4 members (excludes halogenated alkanes) is 18. The number of aliphatic hydroxyl groups is 2. The minimum absolute atomic E-state index is 0.0845. The molecule has 0 aromatic heterocycles. The van der Waals surface area contributed by atoms with Gasteiger partial charge in [0.25, 0.3) is 0 Å². The molecule has 0 aliphatic heterocycles. The second-order valence-electron chi connectivity index (χ2n) is 14.7. The van der Waals surface area contributed by atoms with Crippen molar-refractivity contribution in [3.05, 3.63) is 97.2 Å². The molecule has 0 bridgehead atoms. The fourth-order valence-corrected chi connectivity index (χ4v) is 6.13. The maximum absolute atomic E-state index is 12.4. The molecule has 0 aliphatic carbocycles. The van der Waals surface area contributed by atoms with Crippen molar-refractivity contribution < 1.29 is 15.0 Å². The Balaban J connectivity index is 3.54. The first kappa shape index (κ1) is 51.3. The molecule has 2 unspecified atom stereocenters. The van der Waals surface area contributed by atoms with Gasteiger partial charge in [-0.15, -0.1) is 0 Å². The number of hydrogen-bond donors (Lipinski definition) is 3. The lowest BCUT2D eigenvalue weighted by atomic mass is 10.0. The van der Waals surface area contributed by atoms with Crippen LogP contribution in [0.2, 0.25) is 0 Å². The first-order valence-corrected chi connectivity index (χ1v) is 22.5. The summed E-state index contributed by atoms with van der Waals surface area (Å²) in [4.78, 5) is 12.4. The molecule has 0 fully saturated rings. The SMILES string of the molecule is CC/C=C\C/C=C\C/C=C\C/C=C\C/C=C\CCCCCCCCCCCCCCCCCC(=O)NC(CO)C(O)/C=C/CC/C=C/CC/C=C/CCC. The third-order valence-corrected chi connectivity index (χ3v) is 9.51. The van der Waals surface area contributed by atoms with E-state index >= 15 is 0 Å². The molecular formula is C50H85NO3. The van der Waals surface area contributed by atoms with Gasteiger partial charge in [0.05, 0.1) is 18.8 Å². The fraction of sp³-hybridized carbons (Fsp3) is 0.660. The van der Waals surface area contributed by atoms with Crippen LogP contribution < -0.4 is 5.32 Å². The molecule has 0 heterocycles. The van der Waals surface area contributed by atoms with Crippen LogP contribution >= 0.6 is 0 Å². The summed E-state index contributed by atoms with van der Waals surface area (Å²) < 4.78 is 0. The molecule has 54 heavy (non-hydrogen) atoms. The van der Waals surface area contributed by atoms with Crippen molar-refractivity contribution in [1.29, 1.82) is 0 Å². The normalized spacial score (nSPS) is 13.9. The lowest BCUT2D eigenvalue weighted by Crippen LogP contribution is -2.45. The minimum Gasteiger partial charge on any atom is -0.394 e. The third kappa shape index (κ3) is 40.5. The highest BCUT2D eigenvalue weighted by atomic mass is 16.3. The van der Waals surface area contributed by atoms with Crippen LogP contribution in [0, 0.1) is 0 Å². The molecule has 1 amide bonds. The van der Waals surface area contributed by atoms with Gasteiger partial charge in [-0.3, -0.25) is 4.79 Å². The van der Waals surface area contributed by atoms with E-state index in [1.165, 1.54) is 96.3 Å². The average Bonchev–Trinajstić information content (AvgIpc) is 3.18. The largest absolute Gasteiger partial charge is 0.394 e. The quantitative estimate of drug-likeness (QED) is 0.0433. The van der Waals surface area contributed by atoms with E-state index in [1.54, 1.807) is 6.08 Å². The molecule has 0 aromatic rings. The van der Waals surface area contributed by atoms with Gasteiger partial charge in [-0.25, -0.2) is 0 Å². The van der Waals surface area contributed by atoms with Crippen LogP contribution in [0.25, 0.3) is 0 Å². The predicted octanol–water partition coefficient (Wildman–Crippen LogP) is 14.2. The summed E-state index contributed by atoms with van der Waals surface area (Å²) in [5, 5.41) is 22.9. The molecular weight excluding hydrogens is 663 g/mol. The standard InChI is InChI=1S/C50H85NO3/c1-3-5-7-9-11-13-15-16-17-18-19-20-21-22-23-24-25-26-27-28-29-30-31-32-33-34-36-38-40-42-44-46-50(54)51-48(47-52)49(53)45-43-41-39-37-35-14-12-10-8-6-4-2/h5,7-8,10-11,13,16-17,19-20,22-23,35,37,43,45,48-49,52-53H,3-4,6,9,12,14-15,18,21,24-34,36,38-42,44,46-47H2,1-2H3,(H,51,54)/b7-5-,10-8+,13-11-,17-16-,20-19-,23-22-,37-35+,45-43+. The summed E-state index contributed by atoms with van der Waals surface area (Å²) in [6, 6.07) is -0.648. The second kappa shape index (κ2) is 44.7. The first-order valence-electron chi connectivity index (χ1n) is 22.5. The Hall–Kier alpha value is -2.69. The summed E-state index contributed by atoms with van der Waals surface area (Å²) in [5.74, 6) is -0.0845. The molecule has 0 aromatic carbocycles. The summed E-state index contributed by atoms with van der Waals surface area (Å²) in [6.07, 6.45) is 66.7. The number of nitrogens with one attached hydrogen (secondary N) is 1. The molecule has 4 heteroatoms. The van der Waals surface area contributed by atoms with Crippen LogP contribution in [0.1, 0.15) is 194 Å². The van der Waals surface area contributed by atoms with Crippen LogP contribution in [0.5, 0.6) is 0 Å². The topological polar surface area (TPSA) is 69.6 Å². The highest BCUT2D eigenvalue weighted by Crippen LogP contribution is 2.14. The van der Waals surface area contributed by atoms with Gasteiger partial charge in [0, 0.05) is 6.42 Å². The number of amides is 1. The van der Waals surface area contributed by atoms with Gasteiger partial charge < -0.3 is 15.5 Å². The van der Waals surface area contributed by atoms with E-state index in [9.17, 15) is 15.0 Å². The Morgan fingerprint density at radius 2 is 0.833 bits per heavy atom. The van der Waals surface area contributed by atoms with Crippen molar-refractivity contribution in [2.45, 2.75) is 206 Å². The third-order valence-electron chi connectivity index (χ3n) is 9.51. The van der Waals surface area contributed by atoms with Gasteiger partial charge in [0.2, 0.25) is 5.91 Å². The summed E-state index contributed by atoms with van der Waals surface area (Å²) >= 11 is 0. The molecule has 0 aliphatic rings. The van der Waals surface area contributed by atoms with E-state index in [-0.39, 0.29) is 12.5 Å². The molecule has 0 rings (SSSR count). The predicted molar refractivity (Wildman–Crippen MR) is 239 cm³/mol. The van der Waals surface area contributed by atoms with Gasteiger partial charge in [-0.2, -0.15) is 0 Å². The van der Waals surface area contributed by atoms with Crippen molar-refractivity contribution in [2.75, 3.05) is 6.61 Å². The smallest absolute Gasteiger partial charge is 0.220 e. The van der Waals surface area contributed by atoms with Gasteiger partial charge >= 0.3 is 0 Å². The lowest BCUT2D eigenvalue weighted by Gasteiger charge is -2.19. The summed E-state index contributed by atoms with van der Waals surface area (Å²) in [5.41, 5.74) is 0. The average molecular weight is 748 g/mol. The van der Waals surface area contributed by atoms with E-state index < -0.39 is 12.1 Å². The molecule has 0 saturated heterocycles. The van der Waals surface area contributed by atoms with Gasteiger partial charge in [0.1, 0.15) is 0 Å². The molecule has 2 atom stereocenters. The van der Waals surface area contributed by atoms with Crippen LogP contribution in [0.15, 0.2) is 97.2 Å². The minimum atomic E-state index is -0.872. The monoisotopic (exact) mass is 748 g/mol. The van der Waals surface area contributed by atoms with Gasteiger partial charge in [-0.05, 0) is 83.5 Å². The lowest BCUT2D eigenvalue weighted by molar-refractivity contribution is -0.123. The summed E-state index contributed by atoms with van der Waals surface area (Å²) in [7, 11) is 0. The van der Waals surface area contributed by atoms with Crippen LogP contribution in [0.3, 0.4) is 0 Å². The molecule has 0 spiro atoms. The van der Waals surface area contributed by atoms with Crippen molar-refractivity contribution in [3.8, 4) is 0 Å². The van der Waals surface area contributed by atoms with E-state index in [4.69, 9.17) is 0 Å². The number of rotatable bonds is 39. The van der Waals surface area contributed by atoms with Crippen LogP contribution in [-0.2, 0) is 4.79 Å².